The van der Waals surface area contributed by atoms with Gasteiger partial charge in [0.2, 0.25) is 15.8 Å². The van der Waals surface area contributed by atoms with Gasteiger partial charge in [-0.15, -0.1) is 11.3 Å². The maximum Gasteiger partial charge on any atom is 0.350 e. The Morgan fingerprint density at radius 1 is 1.21 bits per heavy atom. The number of aryl methyl sites for hydroxylation is 1. The van der Waals surface area contributed by atoms with Crippen LogP contribution in [0, 0.1) is 13.8 Å². The molecule has 2 aromatic heterocycles. The molecule has 0 aromatic carbocycles. The van der Waals surface area contributed by atoms with Crippen LogP contribution in [0.2, 0.25) is 0 Å². The van der Waals surface area contributed by atoms with Gasteiger partial charge in [-0.05, 0) is 58.0 Å². The molecule has 0 unspecified atom stereocenters. The normalized spacial score (nSPS) is 15.2. The zero-order valence-electron chi connectivity index (χ0n) is 17.1. The lowest BCUT2D eigenvalue weighted by atomic mass is 10.1. The molecule has 0 atom stereocenters. The fourth-order valence-electron chi connectivity index (χ4n) is 3.85. The lowest BCUT2D eigenvalue weighted by molar-refractivity contribution is 0.0476. The lowest BCUT2D eigenvalue weighted by Gasteiger charge is -2.15. The topological polar surface area (TPSA) is 85.7 Å². The number of carbonyl (C=O) groups excluding carboxylic acids is 2. The molecule has 29 heavy (non-hydrogen) atoms. The number of hydrogen-bond donors (Lipinski definition) is 0. The Morgan fingerprint density at radius 2 is 1.86 bits per heavy atom. The summed E-state index contributed by atoms with van der Waals surface area (Å²) in [5, 5.41) is 1.55. The molecule has 0 saturated carbocycles. The van der Waals surface area contributed by atoms with Gasteiger partial charge >= 0.3 is 5.97 Å². The van der Waals surface area contributed by atoms with E-state index in [4.69, 9.17) is 4.74 Å². The second-order valence-corrected chi connectivity index (χ2v) is 10.3. The van der Waals surface area contributed by atoms with E-state index >= 15 is 0 Å². The Hall–Kier alpha value is -1.97. The second-order valence-electron chi connectivity index (χ2n) is 7.47. The van der Waals surface area contributed by atoms with Gasteiger partial charge in [0.25, 0.3) is 0 Å². The molecule has 1 saturated heterocycles. The first kappa shape index (κ1) is 21.7. The Labute approximate surface area is 175 Å². The van der Waals surface area contributed by atoms with Crippen molar-refractivity contribution in [3.63, 3.8) is 0 Å². The van der Waals surface area contributed by atoms with Crippen LogP contribution in [-0.2, 0) is 14.8 Å². The molecule has 3 heterocycles. The van der Waals surface area contributed by atoms with Crippen molar-refractivity contribution in [3.05, 3.63) is 39.3 Å². The molecule has 0 bridgehead atoms. The first-order valence-electron chi connectivity index (χ1n) is 9.61. The number of Topliss-reactive ketones (excluding diaryl/α,β-unsaturated/α-hetero) is 1. The Kier molecular flexibility index (Phi) is 6.30. The highest BCUT2D eigenvalue weighted by molar-refractivity contribution is 7.89. The number of ether oxygens (including phenoxy) is 1. The zero-order chi connectivity index (χ0) is 21.3. The van der Waals surface area contributed by atoms with Crippen LogP contribution in [0.3, 0.4) is 0 Å². The maximum absolute atomic E-state index is 12.8. The summed E-state index contributed by atoms with van der Waals surface area (Å²) in [6, 6.07) is 3.43. The summed E-state index contributed by atoms with van der Waals surface area (Å²) in [7, 11) is -3.73. The first-order chi connectivity index (χ1) is 13.6. The third-order valence-corrected chi connectivity index (χ3v) is 8.10. The average molecular weight is 439 g/mol. The van der Waals surface area contributed by atoms with Crippen molar-refractivity contribution < 1.29 is 22.7 Å². The minimum atomic E-state index is -3.73. The molecule has 9 heteroatoms. The smallest absolute Gasteiger partial charge is 0.350 e. The molecule has 158 valence electrons. The van der Waals surface area contributed by atoms with Crippen molar-refractivity contribution in [1.82, 2.24) is 8.87 Å². The minimum Gasteiger partial charge on any atom is -0.453 e. The highest BCUT2D eigenvalue weighted by Gasteiger charge is 2.32. The molecular formula is C20H26N2O5S2. The van der Waals surface area contributed by atoms with Crippen molar-refractivity contribution in [2.45, 2.75) is 51.5 Å². The van der Waals surface area contributed by atoms with E-state index in [-0.39, 0.29) is 21.6 Å². The third kappa shape index (κ3) is 4.17. The molecule has 2 aromatic rings. The van der Waals surface area contributed by atoms with Crippen LogP contribution in [-0.4, -0.2) is 48.7 Å². The Bertz CT molecular complexity index is 1030. The number of esters is 1. The van der Waals surface area contributed by atoms with Crippen molar-refractivity contribution in [1.29, 1.82) is 0 Å². The van der Waals surface area contributed by atoms with Gasteiger partial charge in [0.15, 0.2) is 6.61 Å². The number of rotatable bonds is 7. The number of hydrogen-bond acceptors (Lipinski definition) is 6. The van der Waals surface area contributed by atoms with Crippen molar-refractivity contribution >= 4 is 33.1 Å². The predicted octanol–water partition coefficient (Wildman–Crippen LogP) is 3.57. The van der Waals surface area contributed by atoms with Crippen molar-refractivity contribution in [3.8, 4) is 0 Å². The summed E-state index contributed by atoms with van der Waals surface area (Å²) in [5.74, 6) is -1.09. The molecule has 0 radical (unpaired) electrons. The quantitative estimate of drug-likeness (QED) is 0.487. The predicted molar refractivity (Wildman–Crippen MR) is 111 cm³/mol. The summed E-state index contributed by atoms with van der Waals surface area (Å²) < 4.78 is 34.2. The van der Waals surface area contributed by atoms with E-state index in [9.17, 15) is 18.0 Å². The van der Waals surface area contributed by atoms with Crippen LogP contribution in [0.1, 0.15) is 64.1 Å². The number of ketones is 1. The van der Waals surface area contributed by atoms with Crippen LogP contribution in [0.15, 0.2) is 22.4 Å². The fraction of sp³-hybridized carbons (Fsp3) is 0.500. The van der Waals surface area contributed by atoms with Gasteiger partial charge < -0.3 is 9.30 Å². The van der Waals surface area contributed by atoms with E-state index in [2.05, 4.69) is 4.57 Å². The van der Waals surface area contributed by atoms with Crippen molar-refractivity contribution in [2.75, 3.05) is 19.7 Å². The van der Waals surface area contributed by atoms with Gasteiger partial charge in [0.05, 0.1) is 0 Å². The van der Waals surface area contributed by atoms with E-state index < -0.39 is 22.6 Å². The van der Waals surface area contributed by atoms with E-state index in [0.717, 1.165) is 35.6 Å². The number of nitrogens with zero attached hydrogens (tertiary/aromatic N) is 2. The molecule has 0 aliphatic carbocycles. The molecular weight excluding hydrogens is 412 g/mol. The molecule has 3 rings (SSSR count). The highest BCUT2D eigenvalue weighted by Crippen LogP contribution is 2.28. The van der Waals surface area contributed by atoms with E-state index in [1.165, 1.54) is 10.4 Å². The second kappa shape index (κ2) is 8.41. The van der Waals surface area contributed by atoms with Gasteiger partial charge in [-0.1, -0.05) is 0 Å². The highest BCUT2D eigenvalue weighted by atomic mass is 32.2. The zero-order valence-corrected chi connectivity index (χ0v) is 18.7. The molecule has 7 nitrogen and oxygen atoms in total. The Balaban J connectivity index is 1.74. The molecule has 0 amide bonds. The monoisotopic (exact) mass is 438 g/mol. The molecule has 1 aliphatic rings. The van der Waals surface area contributed by atoms with Gasteiger partial charge in [0.1, 0.15) is 9.77 Å². The van der Waals surface area contributed by atoms with Gasteiger partial charge in [-0.3, -0.25) is 4.79 Å². The van der Waals surface area contributed by atoms with Crippen LogP contribution < -0.4 is 0 Å². The van der Waals surface area contributed by atoms with Crippen LogP contribution in [0.4, 0.5) is 0 Å². The van der Waals surface area contributed by atoms with E-state index in [1.807, 2.05) is 27.7 Å². The summed E-state index contributed by atoms with van der Waals surface area (Å²) in [4.78, 5) is 25.1. The summed E-state index contributed by atoms with van der Waals surface area (Å²) in [6.07, 6.45) is 1.62. The summed E-state index contributed by atoms with van der Waals surface area (Å²) >= 11 is 1.01. The van der Waals surface area contributed by atoms with Gasteiger partial charge in [0, 0.05) is 36.1 Å². The molecule has 1 fully saturated rings. The average Bonchev–Trinajstić information content (AvgIpc) is 3.39. The fourth-order valence-corrected chi connectivity index (χ4v) is 6.65. The summed E-state index contributed by atoms with van der Waals surface area (Å²) in [5.41, 5.74) is 2.30. The maximum atomic E-state index is 12.8. The van der Waals surface area contributed by atoms with Crippen molar-refractivity contribution in [2.24, 2.45) is 0 Å². The number of aromatic nitrogens is 1. The van der Waals surface area contributed by atoms with Crippen LogP contribution in [0.5, 0.6) is 0 Å². The van der Waals surface area contributed by atoms with Gasteiger partial charge in [-0.2, -0.15) is 4.31 Å². The number of sulfonamides is 1. The lowest BCUT2D eigenvalue weighted by Crippen LogP contribution is -2.29. The number of thiophene rings is 1. The third-order valence-electron chi connectivity index (χ3n) is 5.13. The standard InChI is InChI=1S/C20H26N2O5S2/c1-13(2)22-14(3)11-16(15(22)4)17(23)12-27-20(24)19-18(7-10-28-19)29(25,26)21-8-5-6-9-21/h7,10-11,13H,5-6,8-9,12H2,1-4H3. The Morgan fingerprint density at radius 3 is 2.45 bits per heavy atom. The largest absolute Gasteiger partial charge is 0.453 e. The SMILES string of the molecule is Cc1cc(C(=O)COC(=O)c2sccc2S(=O)(=O)N2CCCC2)c(C)n1C(C)C. The molecule has 1 aliphatic heterocycles. The van der Waals surface area contributed by atoms with E-state index in [0.29, 0.717) is 18.7 Å². The number of carbonyl (C=O) groups is 2. The first-order valence-corrected chi connectivity index (χ1v) is 11.9. The van der Waals surface area contributed by atoms with Gasteiger partial charge in [-0.25, -0.2) is 13.2 Å². The minimum absolute atomic E-state index is 0.0114. The van der Waals surface area contributed by atoms with Crippen LogP contribution in [0.25, 0.3) is 0 Å². The van der Waals surface area contributed by atoms with Crippen LogP contribution >= 0.6 is 11.3 Å². The molecule has 0 N–H and O–H groups in total. The summed E-state index contributed by atoms with van der Waals surface area (Å²) in [6.45, 7) is 8.34. The van der Waals surface area contributed by atoms with E-state index in [1.54, 1.807) is 11.4 Å². The molecule has 0 spiro atoms.